The van der Waals surface area contributed by atoms with Gasteiger partial charge in [0, 0.05) is 26.1 Å². The van der Waals surface area contributed by atoms with Crippen LogP contribution < -0.4 is 5.73 Å². The summed E-state index contributed by atoms with van der Waals surface area (Å²) in [5, 5.41) is 2.05. The van der Waals surface area contributed by atoms with E-state index in [1.807, 2.05) is 30.5 Å². The predicted molar refractivity (Wildman–Crippen MR) is 69.5 cm³/mol. The third-order valence-electron chi connectivity index (χ3n) is 1.75. The predicted octanol–water partition coefficient (Wildman–Crippen LogP) is 3.95. The van der Waals surface area contributed by atoms with Crippen molar-refractivity contribution in [3.8, 4) is 0 Å². The molecule has 0 bridgehead atoms. The molecule has 2 N–H and O–H groups in total. The van der Waals surface area contributed by atoms with Crippen LogP contribution >= 0.6 is 39.0 Å². The number of nitrogen functional groups attached to an aromatic ring is 1. The number of hydrogen-bond donors (Lipinski definition) is 1. The number of nitrogens with two attached hydrogens (primary N) is 1. The van der Waals surface area contributed by atoms with E-state index in [1.165, 1.54) is 0 Å². The Hall–Kier alpha value is -0.520. The van der Waals surface area contributed by atoms with Gasteiger partial charge in [-0.05, 0) is 41.1 Å². The molecule has 2 rings (SSSR count). The Morgan fingerprint density at radius 1 is 1.47 bits per heavy atom. The fraction of sp³-hybridized carbons (Fsp3) is 0.100. The molecule has 2 aromatic rings. The number of nitrogens with zero attached hydrogens (tertiary/aromatic N) is 1. The SMILES string of the molecule is Cc1csc(Sc2ccc(N)cc2Br)n1. The maximum atomic E-state index is 5.67. The molecule has 78 valence electrons. The second kappa shape index (κ2) is 4.55. The van der Waals surface area contributed by atoms with Crippen molar-refractivity contribution in [2.45, 2.75) is 16.2 Å². The van der Waals surface area contributed by atoms with Crippen LogP contribution in [0.2, 0.25) is 0 Å². The molecule has 0 saturated carbocycles. The Morgan fingerprint density at radius 3 is 2.87 bits per heavy atom. The Kier molecular flexibility index (Phi) is 3.33. The Labute approximate surface area is 105 Å². The van der Waals surface area contributed by atoms with Crippen LogP contribution in [0.25, 0.3) is 0 Å². The molecular weight excluding hydrogens is 292 g/mol. The highest BCUT2D eigenvalue weighted by Crippen LogP contribution is 2.35. The van der Waals surface area contributed by atoms with Crippen LogP contribution in [0.5, 0.6) is 0 Å². The van der Waals surface area contributed by atoms with Crippen molar-refractivity contribution < 1.29 is 0 Å². The van der Waals surface area contributed by atoms with E-state index in [9.17, 15) is 0 Å². The van der Waals surface area contributed by atoms with Crippen LogP contribution in [0.4, 0.5) is 5.69 Å². The number of thiazole rings is 1. The van der Waals surface area contributed by atoms with Gasteiger partial charge in [0.2, 0.25) is 0 Å². The van der Waals surface area contributed by atoms with Crippen molar-refractivity contribution in [3.63, 3.8) is 0 Å². The first-order chi connectivity index (χ1) is 7.15. The zero-order valence-corrected chi connectivity index (χ0v) is 11.2. The number of benzene rings is 1. The largest absolute Gasteiger partial charge is 0.399 e. The van der Waals surface area contributed by atoms with Crippen molar-refractivity contribution in [1.82, 2.24) is 4.98 Å². The lowest BCUT2D eigenvalue weighted by Gasteiger charge is -2.02. The van der Waals surface area contributed by atoms with E-state index < -0.39 is 0 Å². The van der Waals surface area contributed by atoms with E-state index in [-0.39, 0.29) is 0 Å². The second-order valence-corrected chi connectivity index (χ2v) is 6.05. The minimum Gasteiger partial charge on any atom is -0.399 e. The molecule has 15 heavy (non-hydrogen) atoms. The van der Waals surface area contributed by atoms with Gasteiger partial charge in [0.15, 0.2) is 4.34 Å². The molecule has 0 aliphatic carbocycles. The first-order valence-corrected chi connectivity index (χ1v) is 6.79. The average molecular weight is 301 g/mol. The summed E-state index contributed by atoms with van der Waals surface area (Å²) in [6.45, 7) is 2.00. The maximum absolute atomic E-state index is 5.67. The summed E-state index contributed by atoms with van der Waals surface area (Å²) in [5.74, 6) is 0. The summed E-state index contributed by atoms with van der Waals surface area (Å²) in [5.41, 5.74) is 7.50. The van der Waals surface area contributed by atoms with Crippen LogP contribution in [-0.2, 0) is 0 Å². The van der Waals surface area contributed by atoms with Gasteiger partial charge in [-0.3, -0.25) is 0 Å². The van der Waals surface area contributed by atoms with Crippen molar-refractivity contribution in [3.05, 3.63) is 33.7 Å². The summed E-state index contributed by atoms with van der Waals surface area (Å²) in [6.07, 6.45) is 0. The molecular formula is C10H9BrN2S2. The topological polar surface area (TPSA) is 38.9 Å². The van der Waals surface area contributed by atoms with E-state index in [0.29, 0.717) is 0 Å². The zero-order chi connectivity index (χ0) is 10.8. The van der Waals surface area contributed by atoms with Gasteiger partial charge < -0.3 is 5.73 Å². The van der Waals surface area contributed by atoms with Gasteiger partial charge in [0.05, 0.1) is 0 Å². The van der Waals surface area contributed by atoms with Gasteiger partial charge in [-0.25, -0.2) is 4.98 Å². The number of aromatic nitrogens is 1. The molecule has 0 aliphatic heterocycles. The zero-order valence-electron chi connectivity index (χ0n) is 8.03. The maximum Gasteiger partial charge on any atom is 0.154 e. The molecule has 0 spiro atoms. The Bertz CT molecular complexity index is 482. The van der Waals surface area contributed by atoms with E-state index in [4.69, 9.17) is 5.73 Å². The number of rotatable bonds is 2. The van der Waals surface area contributed by atoms with E-state index in [2.05, 4.69) is 20.9 Å². The third kappa shape index (κ3) is 2.74. The molecule has 0 atom stereocenters. The van der Waals surface area contributed by atoms with Crippen molar-refractivity contribution in [1.29, 1.82) is 0 Å². The van der Waals surface area contributed by atoms with E-state index in [0.717, 1.165) is 25.1 Å². The lowest BCUT2D eigenvalue weighted by molar-refractivity contribution is 1.16. The average Bonchev–Trinajstić information content (AvgIpc) is 2.56. The molecule has 1 aromatic heterocycles. The van der Waals surface area contributed by atoms with Gasteiger partial charge in [-0.15, -0.1) is 11.3 Å². The van der Waals surface area contributed by atoms with Crippen LogP contribution in [0.1, 0.15) is 5.69 Å². The quantitative estimate of drug-likeness (QED) is 0.854. The smallest absolute Gasteiger partial charge is 0.154 e. The number of aryl methyl sites for hydroxylation is 1. The van der Waals surface area contributed by atoms with Crippen LogP contribution in [-0.4, -0.2) is 4.98 Å². The lowest BCUT2D eigenvalue weighted by atomic mass is 10.3. The Morgan fingerprint density at radius 2 is 2.27 bits per heavy atom. The molecule has 0 aliphatic rings. The molecule has 5 heteroatoms. The van der Waals surface area contributed by atoms with Crippen molar-refractivity contribution in [2.75, 3.05) is 5.73 Å². The number of hydrogen-bond acceptors (Lipinski definition) is 4. The number of halogens is 1. The van der Waals surface area contributed by atoms with Crippen molar-refractivity contribution >= 4 is 44.7 Å². The molecule has 0 saturated heterocycles. The lowest BCUT2D eigenvalue weighted by Crippen LogP contribution is -1.84. The summed E-state index contributed by atoms with van der Waals surface area (Å²) >= 11 is 6.79. The van der Waals surface area contributed by atoms with Gasteiger partial charge in [-0.1, -0.05) is 11.8 Å². The van der Waals surface area contributed by atoms with Gasteiger partial charge in [0.25, 0.3) is 0 Å². The number of anilines is 1. The highest BCUT2D eigenvalue weighted by molar-refractivity contribution is 9.10. The fourth-order valence-corrected chi connectivity index (χ4v) is 3.51. The van der Waals surface area contributed by atoms with Crippen LogP contribution in [0.3, 0.4) is 0 Å². The summed E-state index contributed by atoms with van der Waals surface area (Å²) in [6, 6.07) is 5.80. The monoisotopic (exact) mass is 300 g/mol. The molecule has 0 radical (unpaired) electrons. The molecule has 2 nitrogen and oxygen atoms in total. The van der Waals surface area contributed by atoms with Crippen LogP contribution in [0.15, 0.2) is 37.3 Å². The highest BCUT2D eigenvalue weighted by atomic mass is 79.9. The molecule has 1 heterocycles. The first-order valence-electron chi connectivity index (χ1n) is 4.30. The van der Waals surface area contributed by atoms with E-state index >= 15 is 0 Å². The molecule has 0 unspecified atom stereocenters. The fourth-order valence-electron chi connectivity index (χ4n) is 1.07. The van der Waals surface area contributed by atoms with Gasteiger partial charge >= 0.3 is 0 Å². The third-order valence-corrected chi connectivity index (χ3v) is 4.80. The van der Waals surface area contributed by atoms with E-state index in [1.54, 1.807) is 23.1 Å². The van der Waals surface area contributed by atoms with Gasteiger partial charge in [-0.2, -0.15) is 0 Å². The standard InChI is InChI=1S/C10H9BrN2S2/c1-6-5-14-10(13-6)15-9-3-2-7(12)4-8(9)11/h2-5H,12H2,1H3. The normalized spacial score (nSPS) is 10.5. The Balaban J connectivity index is 2.24. The van der Waals surface area contributed by atoms with Gasteiger partial charge in [0.1, 0.15) is 0 Å². The van der Waals surface area contributed by atoms with Crippen molar-refractivity contribution in [2.24, 2.45) is 0 Å². The highest BCUT2D eigenvalue weighted by Gasteiger charge is 2.05. The summed E-state index contributed by atoms with van der Waals surface area (Å²) in [7, 11) is 0. The van der Waals surface area contributed by atoms with Crippen LogP contribution in [0, 0.1) is 6.92 Å². The first kappa shape index (κ1) is 11.0. The molecule has 0 amide bonds. The summed E-state index contributed by atoms with van der Waals surface area (Å²) < 4.78 is 2.07. The minimum atomic E-state index is 0.765. The second-order valence-electron chi connectivity index (χ2n) is 3.05. The molecule has 1 aromatic carbocycles. The minimum absolute atomic E-state index is 0.765. The molecule has 0 fully saturated rings. The summed E-state index contributed by atoms with van der Waals surface area (Å²) in [4.78, 5) is 5.54.